The van der Waals surface area contributed by atoms with Gasteiger partial charge in [-0.15, -0.1) is 0 Å². The molecule has 2 aliphatic carbocycles. The minimum atomic E-state index is -0.559. The lowest BCUT2D eigenvalue weighted by Crippen LogP contribution is -2.29. The number of hydrogen-bond acceptors (Lipinski definition) is 1. The topological polar surface area (TPSA) is 17.8 Å². The molecule has 0 amide bonds. The lowest BCUT2D eigenvalue weighted by atomic mass is 9.65. The zero-order valence-corrected chi connectivity index (χ0v) is 30.5. The van der Waals surface area contributed by atoms with Crippen LogP contribution in [0.3, 0.4) is 0 Å². The predicted molar refractivity (Wildman–Crippen MR) is 231 cm³/mol. The lowest BCUT2D eigenvalue weighted by Gasteiger charge is -2.35. The van der Waals surface area contributed by atoms with Crippen LogP contribution in [0.1, 0.15) is 22.3 Å². The summed E-state index contributed by atoms with van der Waals surface area (Å²) < 4.78 is 2.28. The van der Waals surface area contributed by atoms with Gasteiger partial charge in [-0.25, -0.2) is 4.98 Å². The van der Waals surface area contributed by atoms with Crippen LogP contribution < -0.4 is 0 Å². The molecule has 0 saturated carbocycles. The van der Waals surface area contributed by atoms with Crippen LogP contribution in [-0.2, 0) is 5.41 Å². The van der Waals surface area contributed by atoms with Crippen LogP contribution in [0.25, 0.3) is 83.4 Å². The van der Waals surface area contributed by atoms with Gasteiger partial charge in [-0.3, -0.25) is 4.57 Å². The highest BCUT2D eigenvalue weighted by molar-refractivity contribution is 6.01. The maximum atomic E-state index is 5.33. The van der Waals surface area contributed by atoms with Gasteiger partial charge in [0.15, 0.2) is 0 Å². The fourth-order valence-electron chi connectivity index (χ4n) is 9.83. The van der Waals surface area contributed by atoms with Gasteiger partial charge in [0.1, 0.15) is 5.82 Å². The van der Waals surface area contributed by atoms with Crippen LogP contribution in [0, 0.1) is 0 Å². The standard InChI is InChI=1S/C54H34N2/c1-3-15-35(16-4-1)53-55-51-34-39(28-30-52(51)56(53)40-19-5-2-6-20-40)38-27-29-45-42-22-10-9-21-41(42)43-23-11-13-25-47(43)54(49(45)33-38)48-26-14-12-24-44(48)46-31-36-17-7-8-18-37(36)32-50(46)54/h1-34H. The van der Waals surface area contributed by atoms with Gasteiger partial charge in [-0.05, 0) is 120 Å². The van der Waals surface area contributed by atoms with Gasteiger partial charge in [-0.1, -0.05) is 164 Å². The van der Waals surface area contributed by atoms with Gasteiger partial charge in [0.25, 0.3) is 0 Å². The normalized spacial score (nSPS) is 14.9. The summed E-state index contributed by atoms with van der Waals surface area (Å²) in [6.45, 7) is 0. The molecule has 1 spiro atoms. The van der Waals surface area contributed by atoms with Gasteiger partial charge < -0.3 is 0 Å². The molecule has 2 nitrogen and oxygen atoms in total. The van der Waals surface area contributed by atoms with Crippen LogP contribution in [-0.4, -0.2) is 9.55 Å². The van der Waals surface area contributed by atoms with Crippen molar-refractivity contribution in [2.24, 2.45) is 0 Å². The minimum Gasteiger partial charge on any atom is -0.292 e. The summed E-state index contributed by atoms with van der Waals surface area (Å²) in [5.74, 6) is 0.935. The first kappa shape index (κ1) is 31.1. The summed E-state index contributed by atoms with van der Waals surface area (Å²) in [5, 5.41) is 2.51. The number of imidazole rings is 1. The molecule has 0 aliphatic heterocycles. The van der Waals surface area contributed by atoms with E-state index < -0.39 is 5.41 Å². The Labute approximate surface area is 325 Å². The first-order chi connectivity index (χ1) is 27.8. The summed E-state index contributed by atoms with van der Waals surface area (Å²) in [7, 11) is 0. The van der Waals surface area contributed by atoms with Gasteiger partial charge in [-0.2, -0.15) is 0 Å². The molecule has 56 heavy (non-hydrogen) atoms. The molecule has 260 valence electrons. The predicted octanol–water partition coefficient (Wildman–Crippen LogP) is 13.5. The lowest BCUT2D eigenvalue weighted by molar-refractivity contribution is 0.777. The highest BCUT2D eigenvalue weighted by Gasteiger charge is 2.50. The molecule has 9 aromatic carbocycles. The Morgan fingerprint density at radius 3 is 1.57 bits per heavy atom. The van der Waals surface area contributed by atoms with E-state index in [-0.39, 0.29) is 0 Å². The Bertz CT molecular complexity index is 3190. The summed E-state index contributed by atoms with van der Waals surface area (Å²) >= 11 is 0. The Morgan fingerprint density at radius 1 is 0.339 bits per heavy atom. The van der Waals surface area contributed by atoms with Crippen LogP contribution >= 0.6 is 0 Å². The molecular formula is C54H34N2. The van der Waals surface area contributed by atoms with Crippen LogP contribution in [0.15, 0.2) is 206 Å². The van der Waals surface area contributed by atoms with E-state index in [2.05, 4.69) is 211 Å². The largest absolute Gasteiger partial charge is 0.292 e. The second-order valence-corrected chi connectivity index (χ2v) is 15.1. The quantitative estimate of drug-likeness (QED) is 0.178. The van der Waals surface area contributed by atoms with Crippen LogP contribution in [0.4, 0.5) is 0 Å². The zero-order valence-electron chi connectivity index (χ0n) is 30.5. The maximum absolute atomic E-state index is 5.33. The third-order valence-corrected chi connectivity index (χ3v) is 12.2. The zero-order chi connectivity index (χ0) is 36.8. The molecule has 0 saturated heterocycles. The highest BCUT2D eigenvalue weighted by atomic mass is 15.1. The molecule has 0 radical (unpaired) electrons. The van der Waals surface area contributed by atoms with Crippen LogP contribution in [0.5, 0.6) is 0 Å². The maximum Gasteiger partial charge on any atom is 0.145 e. The Morgan fingerprint density at radius 2 is 0.857 bits per heavy atom. The van der Waals surface area contributed by atoms with Crippen molar-refractivity contribution in [2.75, 3.05) is 0 Å². The first-order valence-electron chi connectivity index (χ1n) is 19.4. The summed E-state index contributed by atoms with van der Waals surface area (Å²) in [6, 6.07) is 75.9. The second kappa shape index (κ2) is 11.9. The molecule has 1 aromatic heterocycles. The Kier molecular flexibility index (Phi) is 6.58. The fraction of sp³-hybridized carbons (Fsp3) is 0.0185. The monoisotopic (exact) mass is 710 g/mol. The average Bonchev–Trinajstić information content (AvgIpc) is 3.76. The van der Waals surface area contributed by atoms with Crippen molar-refractivity contribution in [3.63, 3.8) is 0 Å². The Balaban J connectivity index is 1.16. The molecular weight excluding hydrogens is 677 g/mol. The summed E-state index contributed by atoms with van der Waals surface area (Å²) in [6.07, 6.45) is 0. The van der Waals surface area contributed by atoms with E-state index in [0.717, 1.165) is 33.7 Å². The van der Waals surface area contributed by atoms with Gasteiger partial charge in [0, 0.05) is 11.3 Å². The smallest absolute Gasteiger partial charge is 0.145 e. The van der Waals surface area contributed by atoms with Crippen molar-refractivity contribution in [3.8, 4) is 61.6 Å². The van der Waals surface area contributed by atoms with E-state index in [1.165, 1.54) is 72.0 Å². The molecule has 1 atom stereocenters. The average molecular weight is 711 g/mol. The van der Waals surface area contributed by atoms with E-state index in [0.29, 0.717) is 0 Å². The molecule has 2 heteroatoms. The van der Waals surface area contributed by atoms with Crippen molar-refractivity contribution in [1.29, 1.82) is 0 Å². The fourth-order valence-corrected chi connectivity index (χ4v) is 9.83. The number of hydrogen-bond donors (Lipinski definition) is 0. The SMILES string of the molecule is c1ccc(-c2nc3cc(-c4ccc5c(c4)C4(c6ccccc6-c6ccccc6-5)c5ccccc5-c5cc6ccccc6cc54)ccc3n2-c2ccccc2)cc1. The van der Waals surface area contributed by atoms with E-state index in [9.17, 15) is 0 Å². The summed E-state index contributed by atoms with van der Waals surface area (Å²) in [5.41, 5.74) is 18.9. The highest BCUT2D eigenvalue weighted by Crippen LogP contribution is 2.62. The molecule has 1 heterocycles. The number of rotatable bonds is 3. The summed E-state index contributed by atoms with van der Waals surface area (Å²) in [4.78, 5) is 5.33. The van der Waals surface area contributed by atoms with E-state index >= 15 is 0 Å². The van der Waals surface area contributed by atoms with Crippen molar-refractivity contribution in [1.82, 2.24) is 9.55 Å². The molecule has 1 unspecified atom stereocenters. The van der Waals surface area contributed by atoms with Gasteiger partial charge in [0.2, 0.25) is 0 Å². The van der Waals surface area contributed by atoms with Gasteiger partial charge in [0.05, 0.1) is 16.4 Å². The van der Waals surface area contributed by atoms with E-state index in [1.54, 1.807) is 0 Å². The molecule has 0 N–H and O–H groups in total. The molecule has 0 fully saturated rings. The molecule has 0 bridgehead atoms. The Hall–Kier alpha value is -7.29. The van der Waals surface area contributed by atoms with Crippen molar-refractivity contribution in [3.05, 3.63) is 229 Å². The molecule has 2 aliphatic rings. The second-order valence-electron chi connectivity index (χ2n) is 15.1. The van der Waals surface area contributed by atoms with Crippen LogP contribution in [0.2, 0.25) is 0 Å². The molecule has 10 aromatic rings. The first-order valence-corrected chi connectivity index (χ1v) is 19.4. The number of para-hydroxylation sites is 1. The van der Waals surface area contributed by atoms with Crippen molar-refractivity contribution < 1.29 is 0 Å². The minimum absolute atomic E-state index is 0.559. The van der Waals surface area contributed by atoms with E-state index in [4.69, 9.17) is 4.98 Å². The molecule has 12 rings (SSSR count). The number of fused-ring (bicyclic) bond motifs is 14. The third kappa shape index (κ3) is 4.30. The number of nitrogens with zero attached hydrogens (tertiary/aromatic N) is 2. The van der Waals surface area contributed by atoms with Crippen molar-refractivity contribution >= 4 is 21.8 Å². The number of aromatic nitrogens is 2. The number of benzene rings is 9. The third-order valence-electron chi connectivity index (χ3n) is 12.2. The van der Waals surface area contributed by atoms with E-state index in [1.807, 2.05) is 0 Å². The van der Waals surface area contributed by atoms with Crippen molar-refractivity contribution in [2.45, 2.75) is 5.41 Å². The van der Waals surface area contributed by atoms with Gasteiger partial charge >= 0.3 is 0 Å².